The van der Waals surface area contributed by atoms with E-state index in [4.69, 9.17) is 9.47 Å². The standard InChI is InChI=1S/C24H24N2O5S/c1-17-7-13-20(14-8-17)32(28,29)26-16-23(31-22-6-4-3-5-21(22)26)24(27)25-15-18-9-11-19(30-2)12-10-18/h3-14,23H,15-16H2,1-2H3,(H,25,27). The normalized spacial score (nSPS) is 15.4. The van der Waals surface area contributed by atoms with Gasteiger partial charge in [-0.25, -0.2) is 8.42 Å². The number of para-hydroxylation sites is 2. The summed E-state index contributed by atoms with van der Waals surface area (Å²) in [5.41, 5.74) is 2.26. The molecule has 0 bridgehead atoms. The summed E-state index contributed by atoms with van der Waals surface area (Å²) in [4.78, 5) is 13.0. The van der Waals surface area contributed by atoms with Crippen molar-refractivity contribution in [2.45, 2.75) is 24.5 Å². The van der Waals surface area contributed by atoms with E-state index in [0.717, 1.165) is 16.9 Å². The fraction of sp³-hybridized carbons (Fsp3) is 0.208. The molecule has 7 nitrogen and oxygen atoms in total. The Morgan fingerprint density at radius 2 is 1.75 bits per heavy atom. The van der Waals surface area contributed by atoms with E-state index in [-0.39, 0.29) is 23.9 Å². The minimum Gasteiger partial charge on any atom is -0.497 e. The van der Waals surface area contributed by atoms with Gasteiger partial charge in [0.1, 0.15) is 11.5 Å². The zero-order valence-electron chi connectivity index (χ0n) is 17.8. The number of anilines is 1. The first-order chi connectivity index (χ1) is 15.4. The summed E-state index contributed by atoms with van der Waals surface area (Å²) in [5.74, 6) is 0.683. The highest BCUT2D eigenvalue weighted by atomic mass is 32.2. The Labute approximate surface area is 187 Å². The molecule has 0 saturated heterocycles. The molecule has 0 spiro atoms. The van der Waals surface area contributed by atoms with Crippen LogP contribution in [-0.2, 0) is 21.4 Å². The maximum absolute atomic E-state index is 13.4. The second-order valence-electron chi connectivity index (χ2n) is 7.49. The van der Waals surface area contributed by atoms with Gasteiger partial charge in [-0.1, -0.05) is 42.0 Å². The summed E-state index contributed by atoms with van der Waals surface area (Å²) < 4.78 is 39.0. The molecule has 166 valence electrons. The van der Waals surface area contributed by atoms with Gasteiger partial charge in [0.25, 0.3) is 15.9 Å². The minimum atomic E-state index is -3.87. The van der Waals surface area contributed by atoms with E-state index in [1.54, 1.807) is 55.6 Å². The van der Waals surface area contributed by atoms with Crippen LogP contribution in [0.5, 0.6) is 11.5 Å². The third-order valence-electron chi connectivity index (χ3n) is 5.26. The number of ether oxygens (including phenoxy) is 2. The molecule has 1 atom stereocenters. The maximum atomic E-state index is 13.4. The van der Waals surface area contributed by atoms with E-state index in [9.17, 15) is 13.2 Å². The highest BCUT2D eigenvalue weighted by molar-refractivity contribution is 7.92. The van der Waals surface area contributed by atoms with Gasteiger partial charge in [-0.15, -0.1) is 0 Å². The summed E-state index contributed by atoms with van der Waals surface area (Å²) >= 11 is 0. The molecule has 1 aliphatic rings. The van der Waals surface area contributed by atoms with Crippen LogP contribution < -0.4 is 19.1 Å². The van der Waals surface area contributed by atoms with Gasteiger partial charge in [0, 0.05) is 6.54 Å². The van der Waals surface area contributed by atoms with Gasteiger partial charge in [0.15, 0.2) is 6.10 Å². The number of nitrogens with zero attached hydrogens (tertiary/aromatic N) is 1. The van der Waals surface area contributed by atoms with E-state index in [0.29, 0.717) is 11.4 Å². The molecule has 0 saturated carbocycles. The molecule has 1 amide bonds. The number of methoxy groups -OCH3 is 1. The zero-order chi connectivity index (χ0) is 22.7. The Bertz CT molecular complexity index is 1210. The molecule has 0 fully saturated rings. The lowest BCUT2D eigenvalue weighted by molar-refractivity contribution is -0.127. The SMILES string of the molecule is COc1ccc(CNC(=O)C2CN(S(=O)(=O)c3ccc(C)cc3)c3ccccc3O2)cc1. The molecule has 0 radical (unpaired) electrons. The molecule has 3 aromatic carbocycles. The van der Waals surface area contributed by atoms with E-state index in [1.165, 1.54) is 4.31 Å². The number of benzene rings is 3. The average molecular weight is 453 g/mol. The topological polar surface area (TPSA) is 84.9 Å². The zero-order valence-corrected chi connectivity index (χ0v) is 18.6. The van der Waals surface area contributed by atoms with Crippen LogP contribution in [0.1, 0.15) is 11.1 Å². The van der Waals surface area contributed by atoms with Crippen molar-refractivity contribution in [3.63, 3.8) is 0 Å². The lowest BCUT2D eigenvalue weighted by Crippen LogP contribution is -2.50. The second-order valence-corrected chi connectivity index (χ2v) is 9.35. The average Bonchev–Trinajstić information content (AvgIpc) is 2.82. The highest BCUT2D eigenvalue weighted by Crippen LogP contribution is 2.36. The van der Waals surface area contributed by atoms with Crippen molar-refractivity contribution in [2.75, 3.05) is 18.0 Å². The number of hydrogen-bond acceptors (Lipinski definition) is 5. The van der Waals surface area contributed by atoms with E-state index < -0.39 is 16.1 Å². The summed E-state index contributed by atoms with van der Waals surface area (Å²) in [6.45, 7) is 2.06. The van der Waals surface area contributed by atoms with Crippen molar-refractivity contribution < 1.29 is 22.7 Å². The molecule has 1 N–H and O–H groups in total. The Kier molecular flexibility index (Phi) is 6.05. The summed E-state index contributed by atoms with van der Waals surface area (Å²) in [6.07, 6.45) is -0.983. The van der Waals surface area contributed by atoms with Crippen molar-refractivity contribution in [3.8, 4) is 11.5 Å². The van der Waals surface area contributed by atoms with Gasteiger partial charge in [-0.3, -0.25) is 9.10 Å². The number of hydrogen-bond donors (Lipinski definition) is 1. The molecular formula is C24H24N2O5S. The van der Waals surface area contributed by atoms with Gasteiger partial charge < -0.3 is 14.8 Å². The Morgan fingerprint density at radius 1 is 1.06 bits per heavy atom. The van der Waals surface area contributed by atoms with E-state index in [2.05, 4.69) is 5.32 Å². The first-order valence-electron chi connectivity index (χ1n) is 10.1. The van der Waals surface area contributed by atoms with Crippen LogP contribution in [0, 0.1) is 6.92 Å². The molecule has 4 rings (SSSR count). The molecule has 3 aromatic rings. The number of amides is 1. The Hall–Kier alpha value is -3.52. The van der Waals surface area contributed by atoms with Crippen LogP contribution in [0.2, 0.25) is 0 Å². The monoisotopic (exact) mass is 452 g/mol. The first kappa shape index (κ1) is 21.7. The summed E-state index contributed by atoms with van der Waals surface area (Å²) in [5, 5.41) is 2.83. The Balaban J connectivity index is 1.56. The lowest BCUT2D eigenvalue weighted by Gasteiger charge is -2.34. The summed E-state index contributed by atoms with van der Waals surface area (Å²) in [6, 6.07) is 20.8. The minimum absolute atomic E-state index is 0.123. The van der Waals surface area contributed by atoms with Gasteiger partial charge in [-0.05, 0) is 48.9 Å². The molecule has 1 heterocycles. The second kappa shape index (κ2) is 8.92. The number of rotatable bonds is 6. The van der Waals surface area contributed by atoms with Crippen molar-refractivity contribution in [1.29, 1.82) is 0 Å². The smallest absolute Gasteiger partial charge is 0.264 e. The molecule has 0 aromatic heterocycles. The van der Waals surface area contributed by atoms with Crippen LogP contribution in [0.25, 0.3) is 0 Å². The largest absolute Gasteiger partial charge is 0.497 e. The fourth-order valence-electron chi connectivity index (χ4n) is 3.45. The maximum Gasteiger partial charge on any atom is 0.264 e. The number of fused-ring (bicyclic) bond motifs is 1. The van der Waals surface area contributed by atoms with Crippen molar-refractivity contribution in [2.24, 2.45) is 0 Å². The van der Waals surface area contributed by atoms with Crippen LogP contribution in [-0.4, -0.2) is 34.1 Å². The van der Waals surface area contributed by atoms with Gasteiger partial charge in [0.2, 0.25) is 0 Å². The molecule has 32 heavy (non-hydrogen) atoms. The fourth-order valence-corrected chi connectivity index (χ4v) is 4.93. The highest BCUT2D eigenvalue weighted by Gasteiger charge is 2.37. The van der Waals surface area contributed by atoms with Crippen LogP contribution in [0.3, 0.4) is 0 Å². The van der Waals surface area contributed by atoms with Crippen molar-refractivity contribution >= 4 is 21.6 Å². The molecule has 8 heteroatoms. The van der Waals surface area contributed by atoms with Crippen molar-refractivity contribution in [1.82, 2.24) is 5.32 Å². The van der Waals surface area contributed by atoms with Crippen molar-refractivity contribution in [3.05, 3.63) is 83.9 Å². The van der Waals surface area contributed by atoms with E-state index in [1.807, 2.05) is 31.2 Å². The first-order valence-corrected chi connectivity index (χ1v) is 11.6. The molecule has 1 aliphatic heterocycles. The molecule has 0 aliphatic carbocycles. The number of carbonyl (C=O) groups is 1. The number of nitrogens with one attached hydrogen (secondary N) is 1. The number of carbonyl (C=O) groups excluding carboxylic acids is 1. The predicted molar refractivity (Wildman–Crippen MR) is 121 cm³/mol. The molecular weight excluding hydrogens is 428 g/mol. The molecule has 1 unspecified atom stereocenters. The van der Waals surface area contributed by atoms with Crippen LogP contribution >= 0.6 is 0 Å². The van der Waals surface area contributed by atoms with Gasteiger partial charge in [0.05, 0.1) is 24.2 Å². The van der Waals surface area contributed by atoms with Gasteiger partial charge in [-0.2, -0.15) is 0 Å². The number of aryl methyl sites for hydroxylation is 1. The Morgan fingerprint density at radius 3 is 2.44 bits per heavy atom. The van der Waals surface area contributed by atoms with Gasteiger partial charge >= 0.3 is 0 Å². The van der Waals surface area contributed by atoms with Crippen LogP contribution in [0.4, 0.5) is 5.69 Å². The summed E-state index contributed by atoms with van der Waals surface area (Å²) in [7, 11) is -2.29. The quantitative estimate of drug-likeness (QED) is 0.621. The lowest BCUT2D eigenvalue weighted by atomic mass is 10.2. The van der Waals surface area contributed by atoms with E-state index >= 15 is 0 Å². The van der Waals surface area contributed by atoms with Crippen LogP contribution in [0.15, 0.2) is 77.7 Å². The third kappa shape index (κ3) is 4.40. The predicted octanol–water partition coefficient (Wildman–Crippen LogP) is 3.28. The number of sulfonamides is 1. The third-order valence-corrected chi connectivity index (χ3v) is 7.06.